The molecule has 1 N–H and O–H groups in total. The fourth-order valence-corrected chi connectivity index (χ4v) is 2.46. The molecular weight excluding hydrogens is 270 g/mol. The van der Waals surface area contributed by atoms with Crippen molar-refractivity contribution >= 4 is 17.8 Å². The molecule has 0 aromatic rings. The van der Waals surface area contributed by atoms with Crippen LogP contribution in [0.15, 0.2) is 11.6 Å². The molecule has 0 spiro atoms. The highest BCUT2D eigenvalue weighted by molar-refractivity contribution is 6.15. The Bertz CT molecular complexity index is 415. The van der Waals surface area contributed by atoms with Gasteiger partial charge in [0, 0.05) is 24.6 Å². The molecule has 0 saturated carbocycles. The van der Waals surface area contributed by atoms with E-state index in [1.165, 1.54) is 11.0 Å². The highest BCUT2D eigenvalue weighted by Gasteiger charge is 2.27. The number of aliphatic carboxylic acids is 1. The number of carboxylic acid groups (broad SMARTS) is 1. The standard InChI is InChI=1S/C16H25NO4/c1-13-12-14(18)17(16(13)21)11-9-7-5-3-2-4-6-8-10-15(19)20/h12H,2-11H2,1H3,(H,19,20). The summed E-state index contributed by atoms with van der Waals surface area (Å²) in [6.45, 7) is 2.19. The molecule has 0 aromatic carbocycles. The van der Waals surface area contributed by atoms with Crippen molar-refractivity contribution in [3.63, 3.8) is 0 Å². The minimum atomic E-state index is -0.717. The van der Waals surface area contributed by atoms with Gasteiger partial charge in [-0.2, -0.15) is 0 Å². The third-order valence-corrected chi connectivity index (χ3v) is 3.71. The van der Waals surface area contributed by atoms with Crippen LogP contribution in [-0.4, -0.2) is 34.3 Å². The Morgan fingerprint density at radius 3 is 2.00 bits per heavy atom. The van der Waals surface area contributed by atoms with Gasteiger partial charge < -0.3 is 5.11 Å². The second-order valence-electron chi connectivity index (χ2n) is 5.59. The van der Waals surface area contributed by atoms with E-state index in [4.69, 9.17) is 5.11 Å². The van der Waals surface area contributed by atoms with Crippen molar-refractivity contribution < 1.29 is 19.5 Å². The average Bonchev–Trinajstić information content (AvgIpc) is 2.66. The first-order valence-corrected chi connectivity index (χ1v) is 7.78. The lowest BCUT2D eigenvalue weighted by Gasteiger charge is -2.13. The number of hydrogen-bond acceptors (Lipinski definition) is 3. The minimum absolute atomic E-state index is 0.154. The normalized spacial score (nSPS) is 14.7. The van der Waals surface area contributed by atoms with Gasteiger partial charge in [-0.3, -0.25) is 19.3 Å². The molecule has 118 valence electrons. The molecule has 0 fully saturated rings. The van der Waals surface area contributed by atoms with Crippen LogP contribution in [0.25, 0.3) is 0 Å². The van der Waals surface area contributed by atoms with Gasteiger partial charge in [0.05, 0.1) is 0 Å². The Morgan fingerprint density at radius 1 is 1.00 bits per heavy atom. The Labute approximate surface area is 126 Å². The zero-order chi connectivity index (χ0) is 15.7. The second-order valence-corrected chi connectivity index (χ2v) is 5.59. The maximum atomic E-state index is 11.6. The van der Waals surface area contributed by atoms with Gasteiger partial charge in [-0.05, 0) is 19.8 Å². The van der Waals surface area contributed by atoms with Crippen molar-refractivity contribution in [1.29, 1.82) is 0 Å². The maximum absolute atomic E-state index is 11.6. The molecule has 2 amide bonds. The lowest BCUT2D eigenvalue weighted by molar-refractivity contribution is -0.138. The largest absolute Gasteiger partial charge is 0.481 e. The van der Waals surface area contributed by atoms with Crippen LogP contribution in [0.2, 0.25) is 0 Å². The summed E-state index contributed by atoms with van der Waals surface area (Å²) in [7, 11) is 0. The van der Waals surface area contributed by atoms with Gasteiger partial charge in [-0.1, -0.05) is 38.5 Å². The predicted molar refractivity (Wildman–Crippen MR) is 79.7 cm³/mol. The molecule has 1 heterocycles. The topological polar surface area (TPSA) is 74.7 Å². The molecule has 1 rings (SSSR count). The molecule has 1 aliphatic rings. The fraction of sp³-hybridized carbons (Fsp3) is 0.688. The van der Waals surface area contributed by atoms with Crippen molar-refractivity contribution in [3.05, 3.63) is 11.6 Å². The third kappa shape index (κ3) is 6.56. The summed E-state index contributed by atoms with van der Waals surface area (Å²) in [5.74, 6) is -1.06. The zero-order valence-electron chi connectivity index (χ0n) is 12.8. The summed E-state index contributed by atoms with van der Waals surface area (Å²) in [6, 6.07) is 0. The Balaban J connectivity index is 1.93. The lowest BCUT2D eigenvalue weighted by atomic mass is 10.1. The van der Waals surface area contributed by atoms with E-state index in [1.54, 1.807) is 6.92 Å². The first-order chi connectivity index (χ1) is 10.0. The number of carboxylic acids is 1. The van der Waals surface area contributed by atoms with Gasteiger partial charge >= 0.3 is 5.97 Å². The van der Waals surface area contributed by atoms with Crippen LogP contribution in [0, 0.1) is 0 Å². The molecule has 0 atom stereocenters. The summed E-state index contributed by atoms with van der Waals surface area (Å²) in [4.78, 5) is 34.8. The summed E-state index contributed by atoms with van der Waals surface area (Å²) >= 11 is 0. The molecule has 0 aliphatic carbocycles. The lowest BCUT2D eigenvalue weighted by Crippen LogP contribution is -2.31. The van der Waals surface area contributed by atoms with Gasteiger partial charge in [0.15, 0.2) is 0 Å². The number of hydrogen-bond donors (Lipinski definition) is 1. The van der Waals surface area contributed by atoms with Crippen LogP contribution in [-0.2, 0) is 14.4 Å². The quantitative estimate of drug-likeness (QED) is 0.470. The van der Waals surface area contributed by atoms with Crippen LogP contribution in [0.5, 0.6) is 0 Å². The monoisotopic (exact) mass is 295 g/mol. The Hall–Kier alpha value is -1.65. The molecule has 5 nitrogen and oxygen atoms in total. The van der Waals surface area contributed by atoms with E-state index in [2.05, 4.69) is 0 Å². The maximum Gasteiger partial charge on any atom is 0.303 e. The van der Waals surface area contributed by atoms with E-state index in [9.17, 15) is 14.4 Å². The second kappa shape index (κ2) is 9.32. The van der Waals surface area contributed by atoms with Crippen molar-refractivity contribution in [2.75, 3.05) is 6.54 Å². The summed E-state index contributed by atoms with van der Waals surface area (Å²) in [5.41, 5.74) is 0.529. The number of nitrogens with zero attached hydrogens (tertiary/aromatic N) is 1. The van der Waals surface area contributed by atoms with Crippen molar-refractivity contribution in [2.45, 2.75) is 64.7 Å². The summed E-state index contributed by atoms with van der Waals surface area (Å²) in [5, 5.41) is 8.50. The third-order valence-electron chi connectivity index (χ3n) is 3.71. The number of unbranched alkanes of at least 4 members (excludes halogenated alkanes) is 7. The van der Waals surface area contributed by atoms with Crippen LogP contribution < -0.4 is 0 Å². The first-order valence-electron chi connectivity index (χ1n) is 7.78. The molecule has 5 heteroatoms. The summed E-state index contributed by atoms with van der Waals surface area (Å²) in [6.07, 6.45) is 9.73. The molecule has 0 saturated heterocycles. The fourth-order valence-electron chi connectivity index (χ4n) is 2.46. The van der Waals surface area contributed by atoms with E-state index >= 15 is 0 Å². The molecule has 0 radical (unpaired) electrons. The van der Waals surface area contributed by atoms with Crippen molar-refractivity contribution in [2.24, 2.45) is 0 Å². The van der Waals surface area contributed by atoms with Crippen molar-refractivity contribution in [1.82, 2.24) is 4.90 Å². The molecular formula is C16H25NO4. The minimum Gasteiger partial charge on any atom is -0.481 e. The molecule has 0 unspecified atom stereocenters. The number of rotatable bonds is 11. The SMILES string of the molecule is CC1=CC(=O)N(CCCCCCCCCCC(=O)O)C1=O. The van der Waals surface area contributed by atoms with Gasteiger partial charge in [0.25, 0.3) is 11.8 Å². The summed E-state index contributed by atoms with van der Waals surface area (Å²) < 4.78 is 0. The van der Waals surface area contributed by atoms with Crippen molar-refractivity contribution in [3.8, 4) is 0 Å². The van der Waals surface area contributed by atoms with Crippen LogP contribution in [0.1, 0.15) is 64.7 Å². The van der Waals surface area contributed by atoms with Gasteiger partial charge in [0.1, 0.15) is 0 Å². The highest BCUT2D eigenvalue weighted by Crippen LogP contribution is 2.14. The predicted octanol–water partition coefficient (Wildman–Crippen LogP) is 2.90. The smallest absolute Gasteiger partial charge is 0.303 e. The highest BCUT2D eigenvalue weighted by atomic mass is 16.4. The number of amides is 2. The van der Waals surface area contributed by atoms with E-state index < -0.39 is 5.97 Å². The average molecular weight is 295 g/mol. The van der Waals surface area contributed by atoms with E-state index in [0.29, 0.717) is 12.1 Å². The molecule has 0 bridgehead atoms. The van der Waals surface area contributed by atoms with Gasteiger partial charge in [-0.15, -0.1) is 0 Å². The van der Waals surface area contributed by atoms with E-state index in [-0.39, 0.29) is 18.2 Å². The number of carbonyl (C=O) groups excluding carboxylic acids is 2. The number of imide groups is 1. The zero-order valence-corrected chi connectivity index (χ0v) is 12.8. The van der Waals surface area contributed by atoms with Gasteiger partial charge in [0.2, 0.25) is 0 Å². The number of carbonyl (C=O) groups is 3. The Morgan fingerprint density at radius 2 is 1.52 bits per heavy atom. The van der Waals surface area contributed by atoms with Crippen LogP contribution in [0.4, 0.5) is 0 Å². The van der Waals surface area contributed by atoms with Crippen LogP contribution >= 0.6 is 0 Å². The molecule has 0 aromatic heterocycles. The van der Waals surface area contributed by atoms with E-state index in [0.717, 1.165) is 51.4 Å². The van der Waals surface area contributed by atoms with Gasteiger partial charge in [-0.25, -0.2) is 0 Å². The Kier molecular flexibility index (Phi) is 7.72. The van der Waals surface area contributed by atoms with E-state index in [1.807, 2.05) is 0 Å². The molecule has 21 heavy (non-hydrogen) atoms. The first kappa shape index (κ1) is 17.4. The molecule has 1 aliphatic heterocycles. The van der Waals surface area contributed by atoms with Crippen LogP contribution in [0.3, 0.4) is 0 Å².